The second-order valence-corrected chi connectivity index (χ2v) is 13.5. The molecule has 0 saturated carbocycles. The average molecular weight is 740 g/mol. The molecule has 0 saturated heterocycles. The number of carboxylic acids is 1. The van der Waals surface area contributed by atoms with E-state index in [9.17, 15) is 9.90 Å². The van der Waals surface area contributed by atoms with Crippen LogP contribution in [0.5, 0.6) is 0 Å². The molecule has 1 aliphatic carbocycles. The fourth-order valence-corrected chi connectivity index (χ4v) is 7.57. The Morgan fingerprint density at radius 1 is 0.604 bits per heavy atom. The first kappa shape index (κ1) is 34.2. The maximum atomic E-state index is 11.8. The first-order valence-corrected chi connectivity index (χ1v) is 17.7. The number of aromatic carboxylic acids is 1. The molecular weight excluding hydrogens is 706 g/mol. The van der Waals surface area contributed by atoms with E-state index < -0.39 is 5.97 Å². The number of allylic oxidation sites excluding steroid dienone is 4. The second kappa shape index (κ2) is 14.3. The molecular formula is C46H34N4O2Zn. The fraction of sp³-hybridized carbons (Fsp3) is 0.109. The normalized spacial score (nSPS) is 14.8. The van der Waals surface area contributed by atoms with E-state index in [0.717, 1.165) is 109 Å². The van der Waals surface area contributed by atoms with Crippen LogP contribution in [0.3, 0.4) is 0 Å². The van der Waals surface area contributed by atoms with Crippen LogP contribution in [0.4, 0.5) is 0 Å². The Hall–Kier alpha value is -5.91. The number of aryl methyl sites for hydroxylation is 2. The van der Waals surface area contributed by atoms with Crippen molar-refractivity contribution in [2.75, 3.05) is 0 Å². The van der Waals surface area contributed by atoms with Crippen LogP contribution in [-0.4, -0.2) is 21.0 Å². The molecule has 0 spiro atoms. The van der Waals surface area contributed by atoms with Crippen molar-refractivity contribution in [2.24, 2.45) is 5.92 Å². The van der Waals surface area contributed by atoms with Crippen LogP contribution in [0, 0.1) is 5.92 Å². The van der Waals surface area contributed by atoms with Crippen molar-refractivity contribution in [3.05, 3.63) is 161 Å². The van der Waals surface area contributed by atoms with Crippen LogP contribution in [0.2, 0.25) is 0 Å². The van der Waals surface area contributed by atoms with Gasteiger partial charge >= 0.3 is 25.4 Å². The zero-order valence-corrected chi connectivity index (χ0v) is 32.3. The minimum absolute atomic E-state index is 0. The summed E-state index contributed by atoms with van der Waals surface area (Å²) < 4.78 is 0. The van der Waals surface area contributed by atoms with Crippen molar-refractivity contribution in [1.82, 2.24) is 19.9 Å². The molecule has 5 heterocycles. The maximum absolute atomic E-state index is 11.8. The van der Waals surface area contributed by atoms with Gasteiger partial charge in [-0.1, -0.05) is 122 Å². The number of nitrogens with zero attached hydrogens (tertiary/aromatic N) is 4. The first-order chi connectivity index (χ1) is 25.5. The van der Waals surface area contributed by atoms with Gasteiger partial charge in [0.15, 0.2) is 0 Å². The van der Waals surface area contributed by atoms with Gasteiger partial charge in [0.25, 0.3) is 0 Å². The molecule has 252 valence electrons. The number of aromatic nitrogens is 4. The van der Waals surface area contributed by atoms with E-state index in [2.05, 4.69) is 79.7 Å². The molecule has 3 aromatic heterocycles. The Morgan fingerprint density at radius 3 is 1.64 bits per heavy atom. The largest absolute Gasteiger partial charge is 2.00 e. The Labute approximate surface area is 320 Å². The topological polar surface area (TPSA) is 91.3 Å². The number of benzene rings is 3. The van der Waals surface area contributed by atoms with Crippen LogP contribution >= 0.6 is 0 Å². The van der Waals surface area contributed by atoms with Gasteiger partial charge in [-0.05, 0) is 94.0 Å². The number of fused-ring (bicyclic) bond motifs is 8. The number of rotatable bonds is 5. The molecule has 6 nitrogen and oxygen atoms in total. The van der Waals surface area contributed by atoms with E-state index in [0.29, 0.717) is 5.92 Å². The summed E-state index contributed by atoms with van der Waals surface area (Å²) in [5.41, 5.74) is 15.0. The summed E-state index contributed by atoms with van der Waals surface area (Å²) >= 11 is 0. The molecule has 7 heteroatoms. The van der Waals surface area contributed by atoms with Gasteiger partial charge in [0.05, 0.1) is 17.0 Å². The quantitative estimate of drug-likeness (QED) is 0.177. The second-order valence-electron chi connectivity index (χ2n) is 13.5. The van der Waals surface area contributed by atoms with Gasteiger partial charge in [-0.3, -0.25) is 4.98 Å². The number of carboxylic acid groups (broad SMARTS) is 1. The number of hydrogen-bond acceptors (Lipinski definition) is 3. The smallest absolute Gasteiger partial charge is 0.657 e. The van der Waals surface area contributed by atoms with Crippen molar-refractivity contribution in [3.8, 4) is 33.4 Å². The molecule has 3 aliphatic rings. The van der Waals surface area contributed by atoms with Crippen molar-refractivity contribution in [1.29, 1.82) is 0 Å². The van der Waals surface area contributed by atoms with Gasteiger partial charge in [-0.2, -0.15) is 0 Å². The molecule has 0 amide bonds. The van der Waals surface area contributed by atoms with Crippen LogP contribution in [0.25, 0.3) is 73.2 Å². The SMILES string of the molecule is CC1C=C(c2c3nc(c(-c4ccccc4)c4ccc([n-]4)c(-c4ccc(C(=O)O)cc4)c4nc(c(-c5ccccc5)c5ccc2[n-]5)C=C4)CC3)C=CC1.[Zn+2]. The predicted molar refractivity (Wildman–Crippen MR) is 209 cm³/mol. The van der Waals surface area contributed by atoms with E-state index in [1.165, 1.54) is 0 Å². The third-order valence-electron chi connectivity index (χ3n) is 10.0. The molecule has 53 heavy (non-hydrogen) atoms. The van der Waals surface area contributed by atoms with Gasteiger partial charge in [0.1, 0.15) is 0 Å². The minimum Gasteiger partial charge on any atom is -0.657 e. The van der Waals surface area contributed by atoms with Crippen LogP contribution in [0.15, 0.2) is 127 Å². The molecule has 1 unspecified atom stereocenters. The Balaban J connectivity index is 0.00000400. The van der Waals surface area contributed by atoms with Gasteiger partial charge in [-0.25, -0.2) is 9.78 Å². The summed E-state index contributed by atoms with van der Waals surface area (Å²) in [5, 5.41) is 9.65. The summed E-state index contributed by atoms with van der Waals surface area (Å²) in [7, 11) is 0. The van der Waals surface area contributed by atoms with E-state index >= 15 is 0 Å². The Morgan fingerprint density at radius 2 is 1.09 bits per heavy atom. The molecule has 1 N–H and O–H groups in total. The Bertz CT molecular complexity index is 2630. The molecule has 3 aromatic carbocycles. The molecule has 6 aromatic rings. The number of carbonyl (C=O) groups is 1. The van der Waals surface area contributed by atoms with E-state index in [1.54, 1.807) is 12.1 Å². The van der Waals surface area contributed by atoms with Crippen molar-refractivity contribution < 1.29 is 29.4 Å². The predicted octanol–water partition coefficient (Wildman–Crippen LogP) is 10.2. The zero-order chi connectivity index (χ0) is 35.2. The number of hydrogen-bond donors (Lipinski definition) is 1. The van der Waals surface area contributed by atoms with Gasteiger partial charge < -0.3 is 15.1 Å². The summed E-state index contributed by atoms with van der Waals surface area (Å²) in [4.78, 5) is 33.2. The molecule has 0 radical (unpaired) electrons. The van der Waals surface area contributed by atoms with E-state index in [4.69, 9.17) is 19.9 Å². The van der Waals surface area contributed by atoms with Crippen molar-refractivity contribution >= 4 is 45.8 Å². The van der Waals surface area contributed by atoms with Crippen LogP contribution in [0.1, 0.15) is 52.0 Å². The summed E-state index contributed by atoms with van der Waals surface area (Å²) in [6.07, 6.45) is 13.5. The third-order valence-corrected chi connectivity index (χ3v) is 10.0. The van der Waals surface area contributed by atoms with Crippen LogP contribution < -0.4 is 9.97 Å². The standard InChI is InChI=1S/C46H35N4O2.Zn/c1-28-9-8-14-33(27-28)45-40-25-23-36(49-40)42(29-10-4-2-5-11-29)34-19-21-38(47-34)44(31-15-17-32(18-16-31)46(51)52)39-22-20-35(48-39)43(30-12-6-3-7-13-30)37-24-26-41(45)50-37;/h2-8,10-23,25,27-28H,9,24,26H2,1H3,(H2-,47,48,49,50,51,52);/q-1;+2/p-1. The molecule has 0 fully saturated rings. The average Bonchev–Trinajstić information content (AvgIpc) is 4.01. The first-order valence-electron chi connectivity index (χ1n) is 17.7. The van der Waals surface area contributed by atoms with Gasteiger partial charge in [-0.15, -0.1) is 22.1 Å². The fourth-order valence-electron chi connectivity index (χ4n) is 7.57. The summed E-state index contributed by atoms with van der Waals surface area (Å²) in [6, 6.07) is 35.9. The molecule has 8 bridgehead atoms. The molecule has 2 aliphatic heterocycles. The van der Waals surface area contributed by atoms with E-state index in [-0.39, 0.29) is 25.0 Å². The maximum Gasteiger partial charge on any atom is 2.00 e. The van der Waals surface area contributed by atoms with Crippen molar-refractivity contribution in [3.63, 3.8) is 0 Å². The summed E-state index contributed by atoms with van der Waals surface area (Å²) in [5.74, 6) is -0.558. The molecule has 9 rings (SSSR count). The minimum atomic E-state index is -0.970. The zero-order valence-electron chi connectivity index (χ0n) is 29.3. The summed E-state index contributed by atoms with van der Waals surface area (Å²) in [6.45, 7) is 2.25. The van der Waals surface area contributed by atoms with Crippen LogP contribution in [-0.2, 0) is 32.3 Å². The van der Waals surface area contributed by atoms with E-state index in [1.807, 2.05) is 54.6 Å². The monoisotopic (exact) mass is 738 g/mol. The van der Waals surface area contributed by atoms with Gasteiger partial charge in [0.2, 0.25) is 0 Å². The Kier molecular flexibility index (Phi) is 9.20. The third kappa shape index (κ3) is 6.43. The van der Waals surface area contributed by atoms with Gasteiger partial charge in [0, 0.05) is 11.4 Å². The van der Waals surface area contributed by atoms with Crippen molar-refractivity contribution in [2.45, 2.75) is 26.2 Å². The molecule has 1 atom stereocenters.